The Balaban J connectivity index is 1.24. The van der Waals surface area contributed by atoms with Crippen molar-refractivity contribution in [2.75, 3.05) is 5.75 Å². The highest BCUT2D eigenvalue weighted by atomic mass is 32.2. The highest BCUT2D eigenvalue weighted by molar-refractivity contribution is 8.14. The molecule has 0 saturated heterocycles. The molecule has 0 bridgehead atoms. The number of carbonyl (C=O) groups excluding carboxylic acids is 3. The fourth-order valence-corrected chi connectivity index (χ4v) is 5.84. The summed E-state index contributed by atoms with van der Waals surface area (Å²) in [5.74, 6) is -0.244. The molecule has 1 fully saturated rings. The van der Waals surface area contributed by atoms with Crippen molar-refractivity contribution in [3.63, 3.8) is 0 Å². The van der Waals surface area contributed by atoms with Gasteiger partial charge in [0, 0.05) is 24.6 Å². The molecule has 0 radical (unpaired) electrons. The van der Waals surface area contributed by atoms with Gasteiger partial charge in [0.25, 0.3) is 5.91 Å². The summed E-state index contributed by atoms with van der Waals surface area (Å²) in [7, 11) is 0. The van der Waals surface area contributed by atoms with Crippen LogP contribution in [0.4, 0.5) is 10.1 Å². The number of rotatable bonds is 8. The number of fused-ring (bicyclic) bond motifs is 3. The van der Waals surface area contributed by atoms with E-state index in [4.69, 9.17) is 4.99 Å². The Morgan fingerprint density at radius 2 is 1.76 bits per heavy atom. The third kappa shape index (κ3) is 6.12. The number of thioether (sulfide) groups is 1. The first-order valence-corrected chi connectivity index (χ1v) is 14.0. The highest BCUT2D eigenvalue weighted by Gasteiger charge is 2.41. The van der Waals surface area contributed by atoms with Crippen LogP contribution in [0.15, 0.2) is 58.5 Å². The van der Waals surface area contributed by atoms with E-state index in [0.29, 0.717) is 16.7 Å². The van der Waals surface area contributed by atoms with E-state index >= 15 is 0 Å². The number of amidine groups is 2. The molecule has 5 rings (SSSR count). The third-order valence-electron chi connectivity index (χ3n) is 6.96. The minimum atomic E-state index is -0.678. The third-order valence-corrected chi connectivity index (χ3v) is 7.91. The molecular weight excluding hydrogens is 505 g/mol. The molecule has 38 heavy (non-hydrogen) atoms. The van der Waals surface area contributed by atoms with Crippen LogP contribution >= 0.6 is 11.8 Å². The van der Waals surface area contributed by atoms with E-state index in [-0.39, 0.29) is 54.7 Å². The molecular formula is C28H30FN5O3S. The Morgan fingerprint density at radius 1 is 1.00 bits per heavy atom. The number of amides is 3. The van der Waals surface area contributed by atoms with Gasteiger partial charge in [0.2, 0.25) is 11.8 Å². The van der Waals surface area contributed by atoms with Crippen molar-refractivity contribution in [1.29, 1.82) is 0 Å². The molecule has 0 spiro atoms. The molecule has 2 aliphatic heterocycles. The topological polar surface area (TPSA) is 103 Å². The first kappa shape index (κ1) is 26.1. The predicted octanol–water partition coefficient (Wildman–Crippen LogP) is 4.06. The number of nitrogens with zero attached hydrogens (tertiary/aromatic N) is 3. The number of carbonyl (C=O) groups is 3. The average Bonchev–Trinajstić information content (AvgIpc) is 3.27. The maximum absolute atomic E-state index is 13.1. The fraction of sp³-hybridized carbons (Fsp3) is 0.393. The highest BCUT2D eigenvalue weighted by Crippen LogP contribution is 2.35. The van der Waals surface area contributed by atoms with E-state index in [0.717, 1.165) is 36.8 Å². The van der Waals surface area contributed by atoms with Crippen LogP contribution in [-0.2, 0) is 20.9 Å². The molecule has 2 aromatic carbocycles. The molecule has 2 N–H and O–H groups in total. The molecule has 10 heteroatoms. The van der Waals surface area contributed by atoms with Crippen molar-refractivity contribution >= 4 is 46.2 Å². The summed E-state index contributed by atoms with van der Waals surface area (Å²) in [6.45, 7) is 0.273. The quantitative estimate of drug-likeness (QED) is 0.531. The lowest BCUT2D eigenvalue weighted by molar-refractivity contribution is -0.122. The molecule has 8 nitrogen and oxygen atoms in total. The van der Waals surface area contributed by atoms with Crippen molar-refractivity contribution in [2.45, 2.75) is 63.6 Å². The number of nitrogens with one attached hydrogen (secondary N) is 2. The normalized spacial score (nSPS) is 18.8. The SMILES string of the molecule is O=C(CCC1C(=O)N=C2c3ccccc3N=C(SCC(=O)NC3CCCCC3)N21)NCc1ccc(F)cc1. The molecule has 1 aliphatic carbocycles. The van der Waals surface area contributed by atoms with Crippen LogP contribution in [0.1, 0.15) is 56.1 Å². The first-order chi connectivity index (χ1) is 18.5. The van der Waals surface area contributed by atoms with E-state index < -0.39 is 6.04 Å². The van der Waals surface area contributed by atoms with Crippen LogP contribution in [0.3, 0.4) is 0 Å². The summed E-state index contributed by atoms with van der Waals surface area (Å²) >= 11 is 1.28. The van der Waals surface area contributed by atoms with Gasteiger partial charge in [-0.3, -0.25) is 19.3 Å². The van der Waals surface area contributed by atoms with Crippen LogP contribution in [0.25, 0.3) is 0 Å². The van der Waals surface area contributed by atoms with Crippen molar-refractivity contribution in [2.24, 2.45) is 9.98 Å². The maximum Gasteiger partial charge on any atom is 0.270 e. The Morgan fingerprint density at radius 3 is 2.55 bits per heavy atom. The molecule has 0 aromatic heterocycles. The zero-order chi connectivity index (χ0) is 26.5. The maximum atomic E-state index is 13.1. The van der Waals surface area contributed by atoms with Gasteiger partial charge in [0.15, 0.2) is 5.17 Å². The van der Waals surface area contributed by atoms with Crippen molar-refractivity contribution in [3.05, 3.63) is 65.5 Å². The molecule has 2 heterocycles. The molecule has 198 valence electrons. The smallest absolute Gasteiger partial charge is 0.270 e. The van der Waals surface area contributed by atoms with Crippen LogP contribution < -0.4 is 10.6 Å². The molecule has 3 amide bonds. The zero-order valence-electron chi connectivity index (χ0n) is 21.0. The molecule has 2 aromatic rings. The predicted molar refractivity (Wildman–Crippen MR) is 146 cm³/mol. The second-order valence-electron chi connectivity index (χ2n) is 9.70. The summed E-state index contributed by atoms with van der Waals surface area (Å²) in [5.41, 5.74) is 2.23. The van der Waals surface area contributed by atoms with Gasteiger partial charge in [0.1, 0.15) is 17.7 Å². The van der Waals surface area contributed by atoms with E-state index in [9.17, 15) is 18.8 Å². The van der Waals surface area contributed by atoms with Crippen LogP contribution in [-0.4, -0.2) is 51.5 Å². The number of para-hydroxylation sites is 1. The Kier molecular flexibility index (Phi) is 8.17. The molecule has 1 atom stereocenters. The monoisotopic (exact) mass is 535 g/mol. The lowest BCUT2D eigenvalue weighted by Crippen LogP contribution is -2.45. The molecule has 3 aliphatic rings. The van der Waals surface area contributed by atoms with Crippen molar-refractivity contribution in [3.8, 4) is 0 Å². The second-order valence-corrected chi connectivity index (χ2v) is 10.6. The second kappa shape index (κ2) is 11.9. The number of aliphatic imine (C=N–C) groups is 2. The summed E-state index contributed by atoms with van der Waals surface area (Å²) in [6, 6.07) is 12.9. The minimum Gasteiger partial charge on any atom is -0.353 e. The summed E-state index contributed by atoms with van der Waals surface area (Å²) in [5, 5.41) is 6.47. The van der Waals surface area contributed by atoms with E-state index in [1.54, 1.807) is 17.0 Å². The minimum absolute atomic E-state index is 0.0517. The van der Waals surface area contributed by atoms with Crippen molar-refractivity contribution < 1.29 is 18.8 Å². The number of hydrogen-bond donors (Lipinski definition) is 2. The van der Waals surface area contributed by atoms with Gasteiger partial charge in [-0.25, -0.2) is 9.38 Å². The molecule has 1 saturated carbocycles. The number of hydrogen-bond acceptors (Lipinski definition) is 6. The van der Waals surface area contributed by atoms with E-state index in [1.165, 1.54) is 30.3 Å². The lowest BCUT2D eigenvalue weighted by Gasteiger charge is -2.31. The van der Waals surface area contributed by atoms with Crippen LogP contribution in [0, 0.1) is 5.82 Å². The van der Waals surface area contributed by atoms with Crippen LogP contribution in [0.2, 0.25) is 0 Å². The zero-order valence-corrected chi connectivity index (χ0v) is 21.8. The van der Waals surface area contributed by atoms with Gasteiger partial charge in [-0.15, -0.1) is 0 Å². The van der Waals surface area contributed by atoms with Crippen LogP contribution in [0.5, 0.6) is 0 Å². The fourth-order valence-electron chi connectivity index (χ4n) is 4.98. The summed E-state index contributed by atoms with van der Waals surface area (Å²) in [6.07, 6.45) is 5.86. The van der Waals surface area contributed by atoms with Gasteiger partial charge in [-0.05, 0) is 49.1 Å². The Bertz CT molecular complexity index is 1270. The standard InChI is InChI=1S/C28H30FN5O3S/c29-19-12-10-18(11-13-19)16-30-24(35)15-14-23-27(37)33-26-21-8-4-5-9-22(21)32-28(34(23)26)38-17-25(36)31-20-6-2-1-3-7-20/h4-5,8-13,20,23H,1-3,6-7,14-17H2,(H,30,35)(H,31,36). The van der Waals surface area contributed by atoms with Crippen molar-refractivity contribution in [1.82, 2.24) is 15.5 Å². The number of benzene rings is 2. The first-order valence-electron chi connectivity index (χ1n) is 13.0. The Labute approximate surface area is 225 Å². The van der Waals surface area contributed by atoms with Gasteiger partial charge >= 0.3 is 0 Å². The Hall–Kier alpha value is -3.53. The average molecular weight is 536 g/mol. The summed E-state index contributed by atoms with van der Waals surface area (Å²) in [4.78, 5) is 49.1. The van der Waals surface area contributed by atoms with E-state index in [1.807, 2.05) is 24.3 Å². The van der Waals surface area contributed by atoms with Gasteiger partial charge in [-0.1, -0.05) is 55.3 Å². The van der Waals surface area contributed by atoms with Gasteiger partial charge in [0.05, 0.1) is 11.4 Å². The lowest BCUT2D eigenvalue weighted by atomic mass is 9.95. The number of halogens is 1. The largest absolute Gasteiger partial charge is 0.353 e. The van der Waals surface area contributed by atoms with Gasteiger partial charge in [-0.2, -0.15) is 4.99 Å². The molecule has 1 unspecified atom stereocenters. The van der Waals surface area contributed by atoms with Gasteiger partial charge < -0.3 is 10.6 Å². The summed E-state index contributed by atoms with van der Waals surface area (Å²) < 4.78 is 13.1. The van der Waals surface area contributed by atoms with E-state index in [2.05, 4.69) is 15.6 Å².